The number of hydrogen-bond donors (Lipinski definition) is 1. The van der Waals surface area contributed by atoms with E-state index >= 15 is 0 Å². The van der Waals surface area contributed by atoms with E-state index in [9.17, 15) is 18.0 Å². The van der Waals surface area contributed by atoms with Crippen LogP contribution in [-0.2, 0) is 26.2 Å². The third-order valence-electron chi connectivity index (χ3n) is 5.62. The number of nitrogens with zero attached hydrogens (tertiary/aromatic N) is 2. The number of nitrogens with one attached hydrogen (secondary N) is 1. The summed E-state index contributed by atoms with van der Waals surface area (Å²) >= 11 is 3.41. The third kappa shape index (κ3) is 8.35. The maximum atomic E-state index is 13.6. The van der Waals surface area contributed by atoms with E-state index in [0.717, 1.165) is 26.2 Å². The van der Waals surface area contributed by atoms with Crippen LogP contribution in [0.3, 0.4) is 0 Å². The van der Waals surface area contributed by atoms with Crippen molar-refractivity contribution in [3.05, 3.63) is 64.1 Å². The van der Waals surface area contributed by atoms with Gasteiger partial charge in [-0.05, 0) is 48.1 Å². The van der Waals surface area contributed by atoms with Crippen LogP contribution in [0.2, 0.25) is 0 Å². The van der Waals surface area contributed by atoms with Crippen LogP contribution >= 0.6 is 15.9 Å². The zero-order chi connectivity index (χ0) is 26.3. The molecule has 0 heterocycles. The maximum absolute atomic E-state index is 13.6. The Balaban J connectivity index is 2.42. The average molecular weight is 567 g/mol. The highest BCUT2D eigenvalue weighted by Gasteiger charge is 2.31. The number of amides is 2. The van der Waals surface area contributed by atoms with Crippen molar-refractivity contribution in [1.29, 1.82) is 0 Å². The number of rotatable bonds is 11. The van der Waals surface area contributed by atoms with E-state index in [1.807, 2.05) is 64.1 Å². The third-order valence-corrected chi connectivity index (χ3v) is 7.28. The average Bonchev–Trinajstić information content (AvgIpc) is 2.79. The molecule has 2 rings (SSSR count). The fourth-order valence-electron chi connectivity index (χ4n) is 3.62. The summed E-state index contributed by atoms with van der Waals surface area (Å²) < 4.78 is 27.7. The number of halogens is 1. The van der Waals surface area contributed by atoms with Crippen LogP contribution in [0, 0.1) is 5.92 Å². The predicted molar refractivity (Wildman–Crippen MR) is 145 cm³/mol. The molecule has 0 aliphatic rings. The van der Waals surface area contributed by atoms with E-state index in [2.05, 4.69) is 21.2 Å². The summed E-state index contributed by atoms with van der Waals surface area (Å²) in [7, 11) is -3.77. The Kier molecular flexibility index (Phi) is 10.3. The molecule has 1 N–H and O–H groups in total. The molecule has 1 atom stereocenters. The van der Waals surface area contributed by atoms with Gasteiger partial charge in [0.25, 0.3) is 0 Å². The van der Waals surface area contributed by atoms with E-state index in [1.54, 1.807) is 19.1 Å². The zero-order valence-corrected chi connectivity index (χ0v) is 23.7. The van der Waals surface area contributed by atoms with Crippen molar-refractivity contribution in [2.24, 2.45) is 5.92 Å². The summed E-state index contributed by atoms with van der Waals surface area (Å²) in [6.45, 7) is 9.86. The lowest BCUT2D eigenvalue weighted by atomic mass is 10.0. The molecule has 0 saturated heterocycles. The molecular formula is C26H36BrN3O4S. The van der Waals surface area contributed by atoms with Gasteiger partial charge in [0.1, 0.15) is 12.6 Å². The fraction of sp³-hybridized carbons (Fsp3) is 0.462. The van der Waals surface area contributed by atoms with Gasteiger partial charge in [0.05, 0.1) is 11.9 Å². The molecule has 0 fully saturated rings. The van der Waals surface area contributed by atoms with Crippen molar-refractivity contribution in [3.63, 3.8) is 0 Å². The molecule has 0 saturated carbocycles. The smallest absolute Gasteiger partial charge is 0.244 e. The zero-order valence-electron chi connectivity index (χ0n) is 21.3. The highest BCUT2D eigenvalue weighted by Crippen LogP contribution is 2.29. The molecule has 0 radical (unpaired) electrons. The minimum Gasteiger partial charge on any atom is -0.354 e. The van der Waals surface area contributed by atoms with Crippen LogP contribution in [0.15, 0.2) is 53.0 Å². The Morgan fingerprint density at radius 1 is 0.971 bits per heavy atom. The second kappa shape index (κ2) is 12.5. The van der Waals surface area contributed by atoms with E-state index in [0.29, 0.717) is 12.2 Å². The molecule has 2 aromatic carbocycles. The van der Waals surface area contributed by atoms with Crippen molar-refractivity contribution in [2.75, 3.05) is 23.7 Å². The summed E-state index contributed by atoms with van der Waals surface area (Å²) in [4.78, 5) is 28.0. The minimum atomic E-state index is -3.77. The quantitative estimate of drug-likeness (QED) is 0.433. The van der Waals surface area contributed by atoms with Gasteiger partial charge in [0.15, 0.2) is 0 Å². The first-order valence-electron chi connectivity index (χ1n) is 11.7. The van der Waals surface area contributed by atoms with Crippen molar-refractivity contribution < 1.29 is 18.0 Å². The maximum Gasteiger partial charge on any atom is 0.244 e. The highest BCUT2D eigenvalue weighted by molar-refractivity contribution is 9.10. The standard InChI is InChI=1S/C26H36BrN3O4S/c1-18(2)15-28-26(32)20(5)29(16-21-11-13-22(27)14-12-21)25(31)17-30(35(6,33)34)24-10-8-7-9-23(24)19(3)4/h7-14,18-20H,15-17H2,1-6H3,(H,28,32)/t20-/m0/s1. The molecular weight excluding hydrogens is 530 g/mol. The first-order chi connectivity index (χ1) is 16.3. The molecule has 0 aliphatic heterocycles. The van der Waals surface area contributed by atoms with Gasteiger partial charge in [-0.25, -0.2) is 8.42 Å². The molecule has 0 bridgehead atoms. The number of sulfonamides is 1. The lowest BCUT2D eigenvalue weighted by molar-refractivity contribution is -0.139. The second-order valence-electron chi connectivity index (χ2n) is 9.45. The fourth-order valence-corrected chi connectivity index (χ4v) is 4.75. The minimum absolute atomic E-state index is 0.0603. The SMILES string of the molecule is CC(C)CNC(=O)[C@H](C)N(Cc1ccc(Br)cc1)C(=O)CN(c1ccccc1C(C)C)S(C)(=O)=O. The van der Waals surface area contributed by atoms with E-state index in [4.69, 9.17) is 0 Å². The lowest BCUT2D eigenvalue weighted by Crippen LogP contribution is -2.51. The van der Waals surface area contributed by atoms with Crippen molar-refractivity contribution >= 4 is 43.5 Å². The molecule has 0 aromatic heterocycles. The van der Waals surface area contributed by atoms with Crippen LogP contribution in [-0.4, -0.2) is 50.5 Å². The number of carbonyl (C=O) groups is 2. The molecule has 192 valence electrons. The van der Waals surface area contributed by atoms with Gasteiger partial charge in [-0.2, -0.15) is 0 Å². The van der Waals surface area contributed by atoms with Crippen LogP contribution < -0.4 is 9.62 Å². The van der Waals surface area contributed by atoms with E-state index in [-0.39, 0.29) is 24.3 Å². The van der Waals surface area contributed by atoms with Crippen molar-refractivity contribution in [3.8, 4) is 0 Å². The van der Waals surface area contributed by atoms with Crippen LogP contribution in [0.5, 0.6) is 0 Å². The van der Waals surface area contributed by atoms with Crippen molar-refractivity contribution in [2.45, 2.75) is 53.1 Å². The first kappa shape index (κ1) is 28.8. The van der Waals surface area contributed by atoms with Crippen LogP contribution in [0.4, 0.5) is 5.69 Å². The normalized spacial score (nSPS) is 12.5. The lowest BCUT2D eigenvalue weighted by Gasteiger charge is -2.32. The topological polar surface area (TPSA) is 86.8 Å². The van der Waals surface area contributed by atoms with Gasteiger partial charge in [-0.1, -0.05) is 74.0 Å². The summed E-state index contributed by atoms with van der Waals surface area (Å²) in [5, 5.41) is 2.88. The molecule has 9 heteroatoms. The largest absolute Gasteiger partial charge is 0.354 e. The number of benzene rings is 2. The summed E-state index contributed by atoms with van der Waals surface area (Å²) in [6.07, 6.45) is 1.09. The number of para-hydroxylation sites is 1. The van der Waals surface area contributed by atoms with Gasteiger partial charge in [-0.3, -0.25) is 13.9 Å². The van der Waals surface area contributed by atoms with Crippen LogP contribution in [0.25, 0.3) is 0 Å². The molecule has 35 heavy (non-hydrogen) atoms. The monoisotopic (exact) mass is 565 g/mol. The Labute approximate surface area is 218 Å². The van der Waals surface area contributed by atoms with Gasteiger partial charge < -0.3 is 10.2 Å². The van der Waals surface area contributed by atoms with E-state index in [1.165, 1.54) is 4.90 Å². The Morgan fingerprint density at radius 3 is 2.11 bits per heavy atom. The van der Waals surface area contributed by atoms with Crippen molar-refractivity contribution in [1.82, 2.24) is 10.2 Å². The Hall–Kier alpha value is -2.39. The molecule has 7 nitrogen and oxygen atoms in total. The summed E-state index contributed by atoms with van der Waals surface area (Å²) in [5.41, 5.74) is 2.13. The molecule has 0 spiro atoms. The number of anilines is 1. The Bertz CT molecular complexity index is 1120. The van der Waals surface area contributed by atoms with Gasteiger partial charge in [-0.15, -0.1) is 0 Å². The highest BCUT2D eigenvalue weighted by atomic mass is 79.9. The molecule has 2 aromatic rings. The Morgan fingerprint density at radius 2 is 1.57 bits per heavy atom. The first-order valence-corrected chi connectivity index (χ1v) is 14.3. The molecule has 0 aliphatic carbocycles. The van der Waals surface area contributed by atoms with E-state index < -0.39 is 28.5 Å². The number of hydrogen-bond acceptors (Lipinski definition) is 4. The van der Waals surface area contributed by atoms with Gasteiger partial charge >= 0.3 is 0 Å². The summed E-state index contributed by atoms with van der Waals surface area (Å²) in [5.74, 6) is -0.415. The predicted octanol–water partition coefficient (Wildman–Crippen LogP) is 4.53. The second-order valence-corrected chi connectivity index (χ2v) is 12.3. The van der Waals surface area contributed by atoms with Gasteiger partial charge in [0, 0.05) is 17.6 Å². The number of carbonyl (C=O) groups excluding carboxylic acids is 2. The van der Waals surface area contributed by atoms with Gasteiger partial charge in [0.2, 0.25) is 21.8 Å². The molecule has 0 unspecified atom stereocenters. The molecule has 2 amide bonds. The van der Waals surface area contributed by atoms with Crippen LogP contribution in [0.1, 0.15) is 51.7 Å². The summed E-state index contributed by atoms with van der Waals surface area (Å²) in [6, 6.07) is 13.9.